The second-order valence-electron chi connectivity index (χ2n) is 14.1. The lowest BCUT2D eigenvalue weighted by atomic mass is 9.90. The molecule has 1 unspecified atom stereocenters. The van der Waals surface area contributed by atoms with Crippen molar-refractivity contribution in [2.24, 2.45) is 0 Å². The number of unbranched alkanes of at least 4 members (excludes halogenated alkanes) is 1. The normalized spacial score (nSPS) is 24.7. The standard InChI is InChI=1S/C38H39N7O5S2/c1-38(26-13-12-21-6-2-3-7-22(21)15-26)34(48)45(37(50)44-38)18-32(47)42-36-41-28(19-52-36)24-11-10-23-16-27(17-25(23)14-24)39-31(46)9-5-4-8-30-33-29(20-51-30)40-35(49)43-33/h2-3,6-7,10-15,19,27,29-30,33H,4-5,8-9,16-18,20H2,1H3,(H,39,46)(H,44,50)(H2,40,43,49)(H,41,42,47)/t27?,29-,30-,33-,38-/m0/s1. The van der Waals surface area contributed by atoms with Crippen molar-refractivity contribution in [2.45, 2.75) is 74.4 Å². The molecule has 3 aliphatic heterocycles. The molecule has 5 N–H and O–H groups in total. The first-order valence-electron chi connectivity index (χ1n) is 17.6. The quantitative estimate of drug-likeness (QED) is 0.0849. The van der Waals surface area contributed by atoms with E-state index in [1.807, 2.05) is 65.7 Å². The zero-order valence-electron chi connectivity index (χ0n) is 28.6. The molecule has 0 spiro atoms. The fraction of sp³-hybridized carbons (Fsp3) is 0.368. The number of thiazole rings is 1. The highest BCUT2D eigenvalue weighted by molar-refractivity contribution is 8.00. The monoisotopic (exact) mass is 737 g/mol. The maximum absolute atomic E-state index is 13.5. The third-order valence-corrected chi connectivity index (χ3v) is 12.8. The third kappa shape index (κ3) is 6.72. The van der Waals surface area contributed by atoms with Gasteiger partial charge < -0.3 is 26.6 Å². The zero-order chi connectivity index (χ0) is 36.0. The van der Waals surface area contributed by atoms with Crippen LogP contribution in [0.5, 0.6) is 0 Å². The van der Waals surface area contributed by atoms with Gasteiger partial charge in [-0.3, -0.25) is 19.3 Å². The van der Waals surface area contributed by atoms with Gasteiger partial charge in [0.25, 0.3) is 5.91 Å². The largest absolute Gasteiger partial charge is 0.353 e. The Balaban J connectivity index is 0.813. The van der Waals surface area contributed by atoms with Crippen LogP contribution >= 0.6 is 23.1 Å². The molecule has 4 heterocycles. The van der Waals surface area contributed by atoms with Crippen LogP contribution in [-0.2, 0) is 32.8 Å². The highest BCUT2D eigenvalue weighted by Gasteiger charge is 2.49. The first-order chi connectivity index (χ1) is 25.1. The van der Waals surface area contributed by atoms with Crippen LogP contribution in [0.2, 0.25) is 0 Å². The third-order valence-electron chi connectivity index (χ3n) is 10.5. The molecule has 14 heteroatoms. The van der Waals surface area contributed by atoms with Crippen molar-refractivity contribution >= 4 is 68.8 Å². The van der Waals surface area contributed by atoms with Crippen LogP contribution < -0.4 is 26.6 Å². The smallest absolute Gasteiger partial charge is 0.325 e. The van der Waals surface area contributed by atoms with Gasteiger partial charge in [0, 0.05) is 34.4 Å². The van der Waals surface area contributed by atoms with Gasteiger partial charge in [-0.15, -0.1) is 11.3 Å². The van der Waals surface area contributed by atoms with Gasteiger partial charge in [-0.25, -0.2) is 14.6 Å². The van der Waals surface area contributed by atoms with Crippen molar-refractivity contribution in [2.75, 3.05) is 17.6 Å². The number of carbonyl (C=O) groups is 5. The van der Waals surface area contributed by atoms with Crippen molar-refractivity contribution < 1.29 is 24.0 Å². The summed E-state index contributed by atoms with van der Waals surface area (Å²) in [6, 6.07) is 19.3. The number of aromatic nitrogens is 1. The molecule has 4 aliphatic rings. The molecule has 8 rings (SSSR count). The highest BCUT2D eigenvalue weighted by atomic mass is 32.2. The van der Waals surface area contributed by atoms with Gasteiger partial charge >= 0.3 is 12.1 Å². The van der Waals surface area contributed by atoms with E-state index in [9.17, 15) is 24.0 Å². The predicted octanol–water partition coefficient (Wildman–Crippen LogP) is 4.68. The molecule has 3 saturated heterocycles. The van der Waals surface area contributed by atoms with Crippen LogP contribution in [0, 0.1) is 0 Å². The molecule has 3 fully saturated rings. The van der Waals surface area contributed by atoms with Crippen LogP contribution in [0.1, 0.15) is 49.3 Å². The summed E-state index contributed by atoms with van der Waals surface area (Å²) in [6.07, 6.45) is 4.76. The minimum absolute atomic E-state index is 0.0440. The van der Waals surface area contributed by atoms with E-state index in [0.717, 1.165) is 64.7 Å². The Hall–Kier alpha value is -4.95. The van der Waals surface area contributed by atoms with Crippen LogP contribution in [0.15, 0.2) is 66.0 Å². The molecular formula is C38H39N7O5S2. The maximum Gasteiger partial charge on any atom is 0.325 e. The topological polar surface area (TPSA) is 162 Å². The first-order valence-corrected chi connectivity index (χ1v) is 19.5. The molecule has 0 radical (unpaired) electrons. The van der Waals surface area contributed by atoms with E-state index < -0.39 is 29.9 Å². The second-order valence-corrected chi connectivity index (χ2v) is 16.2. The van der Waals surface area contributed by atoms with Gasteiger partial charge in [-0.1, -0.05) is 55.0 Å². The van der Waals surface area contributed by atoms with E-state index in [1.54, 1.807) is 6.92 Å². The molecule has 0 saturated carbocycles. The first kappa shape index (κ1) is 34.2. The fourth-order valence-electron chi connectivity index (χ4n) is 7.76. The molecule has 1 aromatic heterocycles. The van der Waals surface area contributed by atoms with E-state index in [0.29, 0.717) is 28.1 Å². The summed E-state index contributed by atoms with van der Waals surface area (Å²) in [4.78, 5) is 69.3. The summed E-state index contributed by atoms with van der Waals surface area (Å²) in [5, 5.41) is 19.3. The summed E-state index contributed by atoms with van der Waals surface area (Å²) in [5.41, 5.74) is 3.32. The van der Waals surface area contributed by atoms with Crippen LogP contribution in [0.4, 0.5) is 14.7 Å². The molecule has 5 atom stereocenters. The molecule has 7 amide bonds. The Morgan fingerprint density at radius 1 is 0.962 bits per heavy atom. The molecule has 268 valence electrons. The molecule has 0 bridgehead atoms. The number of nitrogens with zero attached hydrogens (tertiary/aromatic N) is 2. The lowest BCUT2D eigenvalue weighted by Gasteiger charge is -2.22. The van der Waals surface area contributed by atoms with Gasteiger partial charge in [-0.05, 0) is 72.2 Å². The van der Waals surface area contributed by atoms with Gasteiger partial charge in [0.2, 0.25) is 11.8 Å². The second kappa shape index (κ2) is 13.9. The van der Waals surface area contributed by atoms with E-state index in [2.05, 4.69) is 43.7 Å². The Morgan fingerprint density at radius 3 is 2.65 bits per heavy atom. The number of imide groups is 1. The molecule has 12 nitrogen and oxygen atoms in total. The summed E-state index contributed by atoms with van der Waals surface area (Å²) < 4.78 is 0. The Labute approximate surface area is 308 Å². The van der Waals surface area contributed by atoms with Crippen LogP contribution in [-0.4, -0.2) is 75.3 Å². The number of urea groups is 2. The zero-order valence-corrected chi connectivity index (χ0v) is 30.2. The fourth-order valence-corrected chi connectivity index (χ4v) is 10.0. The van der Waals surface area contributed by atoms with E-state index in [1.165, 1.54) is 16.9 Å². The van der Waals surface area contributed by atoms with Crippen molar-refractivity contribution in [3.8, 4) is 11.3 Å². The number of amides is 7. The summed E-state index contributed by atoms with van der Waals surface area (Å²) >= 11 is 3.16. The highest BCUT2D eigenvalue weighted by Crippen LogP contribution is 2.34. The Bertz CT molecular complexity index is 2100. The number of thioether (sulfide) groups is 1. The number of rotatable bonds is 11. The van der Waals surface area contributed by atoms with E-state index in [4.69, 9.17) is 0 Å². The van der Waals surface area contributed by atoms with E-state index >= 15 is 0 Å². The summed E-state index contributed by atoms with van der Waals surface area (Å²) in [7, 11) is 0. The van der Waals surface area contributed by atoms with Crippen molar-refractivity contribution in [1.29, 1.82) is 0 Å². The minimum Gasteiger partial charge on any atom is -0.353 e. The number of benzene rings is 3. The van der Waals surface area contributed by atoms with Crippen molar-refractivity contribution in [3.05, 3.63) is 82.7 Å². The molecule has 52 heavy (non-hydrogen) atoms. The lowest BCUT2D eigenvalue weighted by molar-refractivity contribution is -0.133. The summed E-state index contributed by atoms with van der Waals surface area (Å²) in [5.74, 6) is -0.00997. The van der Waals surface area contributed by atoms with Crippen molar-refractivity contribution in [3.63, 3.8) is 0 Å². The van der Waals surface area contributed by atoms with E-state index in [-0.39, 0.29) is 30.1 Å². The Morgan fingerprint density at radius 2 is 1.79 bits per heavy atom. The van der Waals surface area contributed by atoms with Crippen LogP contribution in [0.3, 0.4) is 0 Å². The predicted molar refractivity (Wildman–Crippen MR) is 201 cm³/mol. The number of carbonyl (C=O) groups excluding carboxylic acids is 5. The van der Waals surface area contributed by atoms with Gasteiger partial charge in [0.15, 0.2) is 5.13 Å². The average Bonchev–Trinajstić information content (AvgIpc) is 3.95. The number of hydrogen-bond donors (Lipinski definition) is 5. The Kier molecular flexibility index (Phi) is 9.12. The maximum atomic E-state index is 13.5. The van der Waals surface area contributed by atoms with Gasteiger partial charge in [-0.2, -0.15) is 11.8 Å². The molecule has 1 aliphatic carbocycles. The number of hydrogen-bond acceptors (Lipinski definition) is 8. The average molecular weight is 738 g/mol. The number of fused-ring (bicyclic) bond motifs is 3. The van der Waals surface area contributed by atoms with Crippen molar-refractivity contribution in [1.82, 2.24) is 31.2 Å². The van der Waals surface area contributed by atoms with Crippen LogP contribution in [0.25, 0.3) is 22.0 Å². The number of nitrogens with one attached hydrogen (secondary N) is 5. The van der Waals surface area contributed by atoms with Gasteiger partial charge in [0.1, 0.15) is 12.1 Å². The number of anilines is 1. The summed E-state index contributed by atoms with van der Waals surface area (Å²) in [6.45, 7) is 1.21. The lowest BCUT2D eigenvalue weighted by Crippen LogP contribution is -2.42. The SMILES string of the molecule is C[C@@]1(c2ccc3ccccc3c2)NC(=O)N(CC(=O)Nc2nc(-c3ccc4c(c3)CC(NC(=O)CCCC[C@@H]3SC[C@@H]5NC(=O)N[C@@H]53)C4)cs2)C1=O. The van der Waals surface area contributed by atoms with Gasteiger partial charge in [0.05, 0.1) is 17.8 Å². The molecule has 4 aromatic rings. The molecular weight excluding hydrogens is 699 g/mol. The molecule has 3 aromatic carbocycles. The minimum atomic E-state index is -1.29.